The number of rotatable bonds is 5. The number of fused-ring (bicyclic) bond motifs is 2. The zero-order chi connectivity index (χ0) is 14.0. The normalized spacial score (nSPS) is 31.9. The van der Waals surface area contributed by atoms with E-state index < -0.39 is 5.54 Å². The van der Waals surface area contributed by atoms with Crippen LogP contribution in [0, 0.1) is 0 Å². The molecular weight excluding hydrogens is 240 g/mol. The van der Waals surface area contributed by atoms with Crippen LogP contribution in [0.2, 0.25) is 0 Å². The Balaban J connectivity index is 2.00. The quantitative estimate of drug-likeness (QED) is 0.737. The predicted molar refractivity (Wildman–Crippen MR) is 76.9 cm³/mol. The number of amides is 1. The van der Waals surface area contributed by atoms with Crippen molar-refractivity contribution in [2.45, 2.75) is 50.7 Å². The lowest BCUT2D eigenvalue weighted by Gasteiger charge is -2.34. The van der Waals surface area contributed by atoms with Crippen molar-refractivity contribution in [3.63, 3.8) is 0 Å². The van der Waals surface area contributed by atoms with E-state index in [2.05, 4.69) is 22.2 Å². The van der Waals surface area contributed by atoms with Crippen molar-refractivity contribution in [1.82, 2.24) is 15.1 Å². The Morgan fingerprint density at radius 1 is 1.37 bits per heavy atom. The van der Waals surface area contributed by atoms with Crippen molar-refractivity contribution in [2.24, 2.45) is 5.73 Å². The molecule has 110 valence electrons. The molecule has 3 atom stereocenters. The third kappa shape index (κ3) is 3.09. The van der Waals surface area contributed by atoms with Gasteiger partial charge < -0.3 is 11.1 Å². The van der Waals surface area contributed by atoms with Crippen molar-refractivity contribution >= 4 is 5.91 Å². The van der Waals surface area contributed by atoms with Gasteiger partial charge in [0.15, 0.2) is 0 Å². The van der Waals surface area contributed by atoms with Gasteiger partial charge in [-0.3, -0.25) is 14.6 Å². The van der Waals surface area contributed by atoms with Gasteiger partial charge in [-0.1, -0.05) is 6.92 Å². The Labute approximate surface area is 116 Å². The SMILES string of the molecule is CCNC(C)(CN1CCC2CCC(C1)N2C)C(N)=O. The first-order chi connectivity index (χ1) is 8.96. The second kappa shape index (κ2) is 5.77. The summed E-state index contributed by atoms with van der Waals surface area (Å²) in [5, 5.41) is 3.25. The smallest absolute Gasteiger partial charge is 0.238 e. The summed E-state index contributed by atoms with van der Waals surface area (Å²) in [4.78, 5) is 16.7. The van der Waals surface area contributed by atoms with Gasteiger partial charge in [-0.15, -0.1) is 0 Å². The molecule has 2 saturated heterocycles. The molecule has 0 saturated carbocycles. The lowest BCUT2D eigenvalue weighted by Crippen LogP contribution is -2.60. The average Bonchev–Trinajstić information content (AvgIpc) is 2.58. The Kier molecular flexibility index (Phi) is 4.48. The molecule has 3 unspecified atom stereocenters. The molecule has 0 spiro atoms. The molecule has 0 aromatic heterocycles. The highest BCUT2D eigenvalue weighted by atomic mass is 16.1. The van der Waals surface area contributed by atoms with Crippen LogP contribution in [0.1, 0.15) is 33.1 Å². The minimum absolute atomic E-state index is 0.253. The van der Waals surface area contributed by atoms with Crippen LogP contribution in [0.25, 0.3) is 0 Å². The minimum atomic E-state index is -0.614. The summed E-state index contributed by atoms with van der Waals surface area (Å²) in [5.74, 6) is -0.253. The summed E-state index contributed by atoms with van der Waals surface area (Å²) < 4.78 is 0. The van der Waals surface area contributed by atoms with Gasteiger partial charge in [-0.2, -0.15) is 0 Å². The van der Waals surface area contributed by atoms with E-state index in [0.29, 0.717) is 12.6 Å². The molecule has 0 radical (unpaired) electrons. The van der Waals surface area contributed by atoms with Crippen molar-refractivity contribution < 1.29 is 4.79 Å². The molecule has 19 heavy (non-hydrogen) atoms. The number of likely N-dealkylation sites (N-methyl/N-ethyl adjacent to an activating group) is 2. The number of carbonyl (C=O) groups excluding carboxylic acids is 1. The van der Waals surface area contributed by atoms with Gasteiger partial charge >= 0.3 is 0 Å². The fourth-order valence-corrected chi connectivity index (χ4v) is 3.58. The van der Waals surface area contributed by atoms with Crippen molar-refractivity contribution in [3.8, 4) is 0 Å². The Hall–Kier alpha value is -0.650. The van der Waals surface area contributed by atoms with Gasteiger partial charge in [0.2, 0.25) is 5.91 Å². The van der Waals surface area contributed by atoms with Crippen LogP contribution in [0.3, 0.4) is 0 Å². The van der Waals surface area contributed by atoms with Crippen LogP contribution in [-0.4, -0.2) is 66.6 Å². The first-order valence-corrected chi connectivity index (χ1v) is 7.45. The number of hydrogen-bond acceptors (Lipinski definition) is 4. The highest BCUT2D eigenvalue weighted by Crippen LogP contribution is 2.28. The fourth-order valence-electron chi connectivity index (χ4n) is 3.58. The molecule has 5 heteroatoms. The lowest BCUT2D eigenvalue weighted by molar-refractivity contribution is -0.124. The van der Waals surface area contributed by atoms with E-state index in [-0.39, 0.29) is 5.91 Å². The highest BCUT2D eigenvalue weighted by molar-refractivity contribution is 5.84. The summed E-state index contributed by atoms with van der Waals surface area (Å²) >= 11 is 0. The van der Waals surface area contributed by atoms with E-state index in [0.717, 1.165) is 25.7 Å². The molecule has 1 amide bonds. The zero-order valence-corrected chi connectivity index (χ0v) is 12.5. The van der Waals surface area contributed by atoms with Crippen LogP contribution in [0.4, 0.5) is 0 Å². The van der Waals surface area contributed by atoms with E-state index >= 15 is 0 Å². The van der Waals surface area contributed by atoms with Gasteiger partial charge in [0.1, 0.15) is 5.54 Å². The molecule has 2 rings (SSSR count). The second-order valence-corrected chi connectivity index (χ2v) is 6.30. The predicted octanol–water partition coefficient (Wildman–Crippen LogP) is 0.00840. The highest BCUT2D eigenvalue weighted by Gasteiger charge is 2.38. The summed E-state index contributed by atoms with van der Waals surface area (Å²) in [6.07, 6.45) is 3.81. The monoisotopic (exact) mass is 268 g/mol. The molecule has 2 bridgehead atoms. The molecule has 0 aliphatic carbocycles. The minimum Gasteiger partial charge on any atom is -0.368 e. The van der Waals surface area contributed by atoms with Crippen LogP contribution in [0.5, 0.6) is 0 Å². The maximum absolute atomic E-state index is 11.7. The Bertz CT molecular complexity index is 335. The summed E-state index contributed by atoms with van der Waals surface area (Å²) in [6.45, 7) is 7.54. The molecular formula is C14H28N4O. The number of nitrogens with two attached hydrogens (primary N) is 1. The Morgan fingerprint density at radius 3 is 2.68 bits per heavy atom. The number of primary amides is 1. The van der Waals surface area contributed by atoms with Crippen LogP contribution in [0.15, 0.2) is 0 Å². The number of carbonyl (C=O) groups is 1. The number of hydrogen-bond donors (Lipinski definition) is 2. The number of nitrogens with one attached hydrogen (secondary N) is 1. The first-order valence-electron chi connectivity index (χ1n) is 7.45. The first kappa shape index (κ1) is 14.8. The van der Waals surface area contributed by atoms with E-state index in [9.17, 15) is 4.79 Å². The third-order valence-corrected chi connectivity index (χ3v) is 4.88. The van der Waals surface area contributed by atoms with Crippen molar-refractivity contribution in [2.75, 3.05) is 33.2 Å². The molecule has 0 aromatic carbocycles. The zero-order valence-electron chi connectivity index (χ0n) is 12.5. The second-order valence-electron chi connectivity index (χ2n) is 6.30. The lowest BCUT2D eigenvalue weighted by atomic mass is 9.99. The van der Waals surface area contributed by atoms with Gasteiger partial charge in [0.25, 0.3) is 0 Å². The van der Waals surface area contributed by atoms with Crippen LogP contribution in [-0.2, 0) is 4.79 Å². The standard InChI is InChI=1S/C14H28N4O/c1-4-16-14(2,13(15)19)10-18-8-7-11-5-6-12(9-18)17(11)3/h11-12,16H,4-10H2,1-3H3,(H2,15,19). The van der Waals surface area contributed by atoms with Crippen LogP contribution >= 0.6 is 0 Å². The topological polar surface area (TPSA) is 61.6 Å². The molecule has 2 aliphatic heterocycles. The summed E-state index contributed by atoms with van der Waals surface area (Å²) in [5.41, 5.74) is 4.96. The number of nitrogens with zero attached hydrogens (tertiary/aromatic N) is 2. The maximum Gasteiger partial charge on any atom is 0.238 e. The number of likely N-dealkylation sites (tertiary alicyclic amines) is 1. The van der Waals surface area contributed by atoms with Crippen LogP contribution < -0.4 is 11.1 Å². The molecule has 3 N–H and O–H groups in total. The van der Waals surface area contributed by atoms with E-state index in [4.69, 9.17) is 5.73 Å². The van der Waals surface area contributed by atoms with E-state index in [1.54, 1.807) is 0 Å². The fraction of sp³-hybridized carbons (Fsp3) is 0.929. The molecule has 0 aromatic rings. The van der Waals surface area contributed by atoms with E-state index in [1.807, 2.05) is 13.8 Å². The molecule has 2 aliphatic rings. The summed E-state index contributed by atoms with van der Waals surface area (Å²) in [6, 6.07) is 1.38. The van der Waals surface area contributed by atoms with Gasteiger partial charge in [0.05, 0.1) is 0 Å². The molecule has 2 heterocycles. The third-order valence-electron chi connectivity index (χ3n) is 4.88. The average molecular weight is 268 g/mol. The van der Waals surface area contributed by atoms with Crippen molar-refractivity contribution in [3.05, 3.63) is 0 Å². The largest absolute Gasteiger partial charge is 0.368 e. The maximum atomic E-state index is 11.7. The molecule has 5 nitrogen and oxygen atoms in total. The van der Waals surface area contributed by atoms with Crippen molar-refractivity contribution in [1.29, 1.82) is 0 Å². The summed E-state index contributed by atoms with van der Waals surface area (Å²) in [7, 11) is 2.24. The van der Waals surface area contributed by atoms with Gasteiger partial charge in [-0.05, 0) is 46.3 Å². The van der Waals surface area contributed by atoms with Gasteiger partial charge in [-0.25, -0.2) is 0 Å². The van der Waals surface area contributed by atoms with E-state index in [1.165, 1.54) is 19.3 Å². The Morgan fingerprint density at radius 2 is 2.05 bits per heavy atom. The molecule has 2 fully saturated rings. The van der Waals surface area contributed by atoms with Gasteiger partial charge in [0, 0.05) is 25.2 Å².